The predicted octanol–water partition coefficient (Wildman–Crippen LogP) is 8.15. The van der Waals surface area contributed by atoms with E-state index in [1.54, 1.807) is 14.2 Å². The summed E-state index contributed by atoms with van der Waals surface area (Å²) in [6.07, 6.45) is 8.73. The molecule has 0 unspecified atom stereocenters. The average Bonchev–Trinajstić information content (AvgIpc) is 2.98. The van der Waals surface area contributed by atoms with Gasteiger partial charge in [0.15, 0.2) is 13.6 Å². The second-order valence-corrected chi connectivity index (χ2v) is 9.49. The van der Waals surface area contributed by atoms with Gasteiger partial charge in [-0.3, -0.25) is 4.79 Å². The van der Waals surface area contributed by atoms with Crippen LogP contribution in [-0.2, 0) is 19.0 Å². The van der Waals surface area contributed by atoms with Crippen LogP contribution in [0.4, 0.5) is 0 Å². The van der Waals surface area contributed by atoms with Crippen molar-refractivity contribution in [1.82, 2.24) is 0 Å². The lowest BCUT2D eigenvalue weighted by atomic mass is 9.91. The summed E-state index contributed by atoms with van der Waals surface area (Å²) in [5, 5.41) is 4.34. The molecule has 0 fully saturated rings. The molecule has 0 saturated heterocycles. The van der Waals surface area contributed by atoms with Crippen molar-refractivity contribution in [2.75, 3.05) is 34.4 Å². The third-order valence-electron chi connectivity index (χ3n) is 6.68. The van der Waals surface area contributed by atoms with Crippen molar-refractivity contribution in [3.05, 3.63) is 78.4 Å². The number of carbonyl (C=O) groups is 1. The minimum absolute atomic E-state index is 0.106. The zero-order valence-electron chi connectivity index (χ0n) is 23.6. The van der Waals surface area contributed by atoms with E-state index >= 15 is 0 Å². The SMILES string of the molecule is CCOC(=O)CCCCC/C=C/c1ccc2c(-c3c(OCOC)ccc4ccccc34)c(OCOC)ccc2c1. The van der Waals surface area contributed by atoms with Crippen LogP contribution in [0.3, 0.4) is 0 Å². The molecule has 0 aliphatic heterocycles. The summed E-state index contributed by atoms with van der Waals surface area (Å²) in [5.74, 6) is 1.34. The van der Waals surface area contributed by atoms with Gasteiger partial charge in [0.25, 0.3) is 0 Å². The maximum Gasteiger partial charge on any atom is 0.305 e. The van der Waals surface area contributed by atoms with Gasteiger partial charge in [-0.15, -0.1) is 0 Å². The van der Waals surface area contributed by atoms with Crippen molar-refractivity contribution in [3.63, 3.8) is 0 Å². The lowest BCUT2D eigenvalue weighted by molar-refractivity contribution is -0.143. The largest absolute Gasteiger partial charge is 0.467 e. The van der Waals surface area contributed by atoms with Crippen molar-refractivity contribution in [2.45, 2.75) is 39.0 Å². The smallest absolute Gasteiger partial charge is 0.305 e. The molecule has 210 valence electrons. The number of ether oxygens (including phenoxy) is 5. The summed E-state index contributed by atoms with van der Waals surface area (Å²) in [6, 6.07) is 22.9. The van der Waals surface area contributed by atoms with Crippen LogP contribution < -0.4 is 9.47 Å². The lowest BCUT2D eigenvalue weighted by Gasteiger charge is -2.19. The Balaban J connectivity index is 1.64. The monoisotopic (exact) mass is 542 g/mol. The van der Waals surface area contributed by atoms with Gasteiger partial charge in [0, 0.05) is 31.8 Å². The maximum atomic E-state index is 11.5. The van der Waals surface area contributed by atoms with Crippen molar-refractivity contribution in [3.8, 4) is 22.6 Å². The molecule has 0 N–H and O–H groups in total. The Morgan fingerprint density at radius 3 is 2.12 bits per heavy atom. The van der Waals surface area contributed by atoms with Gasteiger partial charge in [0.05, 0.1) is 6.61 Å². The van der Waals surface area contributed by atoms with E-state index in [0.29, 0.717) is 13.0 Å². The summed E-state index contributed by atoms with van der Waals surface area (Å²) >= 11 is 0. The first-order valence-corrected chi connectivity index (χ1v) is 13.8. The number of rotatable bonds is 15. The van der Waals surface area contributed by atoms with Crippen LogP contribution in [-0.4, -0.2) is 40.4 Å². The molecule has 0 spiro atoms. The fourth-order valence-corrected chi connectivity index (χ4v) is 4.85. The van der Waals surface area contributed by atoms with E-state index in [0.717, 1.165) is 75.4 Å². The number of hydrogen-bond acceptors (Lipinski definition) is 6. The Morgan fingerprint density at radius 1 is 0.750 bits per heavy atom. The second-order valence-electron chi connectivity index (χ2n) is 9.49. The Bertz CT molecular complexity index is 1440. The zero-order chi connectivity index (χ0) is 28.2. The Hall–Kier alpha value is -3.87. The maximum absolute atomic E-state index is 11.5. The van der Waals surface area contributed by atoms with Crippen LogP contribution in [0.25, 0.3) is 38.7 Å². The normalized spacial score (nSPS) is 11.4. The van der Waals surface area contributed by atoms with E-state index in [4.69, 9.17) is 23.7 Å². The molecular formula is C34H38O6. The van der Waals surface area contributed by atoms with Gasteiger partial charge < -0.3 is 23.7 Å². The first-order chi connectivity index (χ1) is 19.7. The summed E-state index contributed by atoms with van der Waals surface area (Å²) in [7, 11) is 3.23. The molecule has 0 aliphatic carbocycles. The van der Waals surface area contributed by atoms with Gasteiger partial charge >= 0.3 is 5.97 Å². The zero-order valence-corrected chi connectivity index (χ0v) is 23.6. The molecule has 0 aromatic heterocycles. The molecule has 0 bridgehead atoms. The number of carbonyl (C=O) groups excluding carboxylic acids is 1. The first kappa shape index (κ1) is 29.1. The van der Waals surface area contributed by atoms with Crippen molar-refractivity contribution < 1.29 is 28.5 Å². The first-order valence-electron chi connectivity index (χ1n) is 13.8. The number of allylic oxidation sites excluding steroid dienone is 1. The van der Waals surface area contributed by atoms with E-state index in [1.807, 2.05) is 31.2 Å². The summed E-state index contributed by atoms with van der Waals surface area (Å²) < 4.78 is 27.6. The fraction of sp³-hybridized carbons (Fsp3) is 0.324. The number of benzene rings is 4. The highest BCUT2D eigenvalue weighted by Gasteiger charge is 2.19. The Morgan fingerprint density at radius 2 is 1.43 bits per heavy atom. The van der Waals surface area contributed by atoms with Crippen LogP contribution in [0, 0.1) is 0 Å². The second kappa shape index (κ2) is 15.1. The molecular weight excluding hydrogens is 504 g/mol. The number of hydrogen-bond donors (Lipinski definition) is 0. The third kappa shape index (κ3) is 7.40. The molecule has 0 saturated carbocycles. The van der Waals surface area contributed by atoms with Gasteiger partial charge in [0.1, 0.15) is 11.5 Å². The molecule has 6 heteroatoms. The van der Waals surface area contributed by atoms with Crippen LogP contribution >= 0.6 is 0 Å². The average molecular weight is 543 g/mol. The number of methoxy groups -OCH3 is 2. The quantitative estimate of drug-likeness (QED) is 0.0858. The van der Waals surface area contributed by atoms with Gasteiger partial charge in [-0.1, -0.05) is 67.1 Å². The fourth-order valence-electron chi connectivity index (χ4n) is 4.85. The van der Waals surface area contributed by atoms with Crippen molar-refractivity contribution in [1.29, 1.82) is 0 Å². The Labute approximate surface area is 236 Å². The van der Waals surface area contributed by atoms with Crippen molar-refractivity contribution >= 4 is 33.6 Å². The summed E-state index contributed by atoms with van der Waals surface area (Å²) in [5.41, 5.74) is 3.04. The van der Waals surface area contributed by atoms with Gasteiger partial charge in [-0.25, -0.2) is 0 Å². The molecule has 0 radical (unpaired) electrons. The third-order valence-corrected chi connectivity index (χ3v) is 6.68. The van der Waals surface area contributed by atoms with E-state index in [2.05, 4.69) is 54.6 Å². The molecule has 40 heavy (non-hydrogen) atoms. The van der Waals surface area contributed by atoms with Gasteiger partial charge in [-0.05, 0) is 71.5 Å². The van der Waals surface area contributed by atoms with Crippen LogP contribution in [0.5, 0.6) is 11.5 Å². The van der Waals surface area contributed by atoms with E-state index in [-0.39, 0.29) is 19.6 Å². The van der Waals surface area contributed by atoms with Crippen molar-refractivity contribution in [2.24, 2.45) is 0 Å². The molecule has 4 rings (SSSR count). The van der Waals surface area contributed by atoms with Crippen LogP contribution in [0.1, 0.15) is 44.6 Å². The van der Waals surface area contributed by atoms with Crippen LogP contribution in [0.2, 0.25) is 0 Å². The molecule has 0 aliphatic rings. The highest BCUT2D eigenvalue weighted by Crippen LogP contribution is 2.45. The summed E-state index contributed by atoms with van der Waals surface area (Å²) in [6.45, 7) is 2.56. The highest BCUT2D eigenvalue weighted by atomic mass is 16.7. The van der Waals surface area contributed by atoms with E-state index in [1.165, 1.54) is 0 Å². The molecule has 6 nitrogen and oxygen atoms in total. The minimum Gasteiger partial charge on any atom is -0.467 e. The Kier molecular flexibility index (Phi) is 11.0. The van der Waals surface area contributed by atoms with Gasteiger partial charge in [-0.2, -0.15) is 0 Å². The standard InChI is InChI=1S/C34H38O6/c1-4-38-32(35)15-9-7-5-6-8-12-25-16-19-29-27(22-25)18-21-31(40-24-37-3)34(29)33-28-14-11-10-13-26(28)17-20-30(33)39-23-36-2/h8,10-14,16-22H,4-7,9,15,23-24H2,1-3H3/b12-8+. The topological polar surface area (TPSA) is 63.2 Å². The number of fused-ring (bicyclic) bond motifs is 2. The molecule has 0 heterocycles. The summed E-state index contributed by atoms with van der Waals surface area (Å²) in [4.78, 5) is 11.5. The van der Waals surface area contributed by atoms with E-state index < -0.39 is 0 Å². The molecule has 0 atom stereocenters. The number of esters is 1. The number of unbranched alkanes of at least 4 members (excludes halogenated alkanes) is 3. The van der Waals surface area contributed by atoms with Crippen LogP contribution in [0.15, 0.2) is 72.8 Å². The van der Waals surface area contributed by atoms with E-state index in [9.17, 15) is 4.79 Å². The molecule has 4 aromatic rings. The predicted molar refractivity (Wildman–Crippen MR) is 161 cm³/mol. The highest BCUT2D eigenvalue weighted by molar-refractivity contribution is 6.10. The molecule has 0 amide bonds. The van der Waals surface area contributed by atoms with Gasteiger partial charge in [0.2, 0.25) is 0 Å². The molecule has 4 aromatic carbocycles. The minimum atomic E-state index is -0.106. The lowest BCUT2D eigenvalue weighted by Crippen LogP contribution is -2.03.